The maximum atomic E-state index is 12.9. The van der Waals surface area contributed by atoms with Crippen molar-refractivity contribution in [2.24, 2.45) is 0 Å². The quantitative estimate of drug-likeness (QED) is 0.848. The number of rotatable bonds is 5. The molecule has 1 aromatic carbocycles. The lowest BCUT2D eigenvalue weighted by Crippen LogP contribution is -2.30. The molecule has 2 heterocycles. The second kappa shape index (κ2) is 7.98. The molecular weight excluding hydrogens is 358 g/mol. The van der Waals surface area contributed by atoms with Crippen molar-refractivity contribution in [2.75, 3.05) is 18.0 Å². The molecule has 2 aromatic rings. The SMILES string of the molecule is Cc1cc(C)c(C)c(S(=O)(=O)NCc2ccc(N3CCCCC3)nc2)c1C. The number of benzene rings is 1. The molecule has 1 fully saturated rings. The monoisotopic (exact) mass is 387 g/mol. The van der Waals surface area contributed by atoms with E-state index in [1.165, 1.54) is 19.3 Å². The highest BCUT2D eigenvalue weighted by Crippen LogP contribution is 2.26. The van der Waals surface area contributed by atoms with Gasteiger partial charge < -0.3 is 4.90 Å². The predicted molar refractivity (Wildman–Crippen MR) is 110 cm³/mol. The van der Waals surface area contributed by atoms with Crippen LogP contribution in [0.15, 0.2) is 29.3 Å². The van der Waals surface area contributed by atoms with E-state index in [-0.39, 0.29) is 6.54 Å². The molecule has 0 radical (unpaired) electrons. The number of pyridine rings is 1. The van der Waals surface area contributed by atoms with Crippen molar-refractivity contribution in [3.8, 4) is 0 Å². The molecule has 6 heteroatoms. The van der Waals surface area contributed by atoms with E-state index in [9.17, 15) is 8.42 Å². The summed E-state index contributed by atoms with van der Waals surface area (Å²) >= 11 is 0. The summed E-state index contributed by atoms with van der Waals surface area (Å²) in [6.07, 6.45) is 5.47. The third-order valence-corrected chi connectivity index (χ3v) is 7.20. The summed E-state index contributed by atoms with van der Waals surface area (Å²) in [5.74, 6) is 0.974. The number of aromatic nitrogens is 1. The first-order valence-corrected chi connectivity index (χ1v) is 11.0. The van der Waals surface area contributed by atoms with E-state index in [1.807, 2.05) is 45.9 Å². The van der Waals surface area contributed by atoms with Crippen molar-refractivity contribution >= 4 is 15.8 Å². The lowest BCUT2D eigenvalue weighted by molar-refractivity contribution is 0.573. The Labute approximate surface area is 162 Å². The van der Waals surface area contributed by atoms with Gasteiger partial charge in [0.05, 0.1) is 4.90 Å². The van der Waals surface area contributed by atoms with Crippen LogP contribution < -0.4 is 9.62 Å². The van der Waals surface area contributed by atoms with Crippen LogP contribution in [0, 0.1) is 27.7 Å². The number of piperidine rings is 1. The molecular formula is C21H29N3O2S. The fraction of sp³-hybridized carbons (Fsp3) is 0.476. The van der Waals surface area contributed by atoms with Crippen molar-refractivity contribution in [3.05, 3.63) is 52.2 Å². The molecule has 0 spiro atoms. The van der Waals surface area contributed by atoms with Gasteiger partial charge in [-0.25, -0.2) is 18.1 Å². The Balaban J connectivity index is 1.74. The number of nitrogens with one attached hydrogen (secondary N) is 1. The van der Waals surface area contributed by atoms with Gasteiger partial charge in [-0.05, 0) is 80.8 Å². The van der Waals surface area contributed by atoms with Crippen LogP contribution >= 0.6 is 0 Å². The number of hydrogen-bond donors (Lipinski definition) is 1. The smallest absolute Gasteiger partial charge is 0.241 e. The summed E-state index contributed by atoms with van der Waals surface area (Å²) in [5, 5.41) is 0. The minimum Gasteiger partial charge on any atom is -0.357 e. The topological polar surface area (TPSA) is 62.3 Å². The number of hydrogen-bond acceptors (Lipinski definition) is 4. The fourth-order valence-corrected chi connectivity index (χ4v) is 5.29. The van der Waals surface area contributed by atoms with Gasteiger partial charge in [-0.3, -0.25) is 0 Å². The summed E-state index contributed by atoms with van der Waals surface area (Å²) in [6.45, 7) is 9.96. The van der Waals surface area contributed by atoms with Gasteiger partial charge in [0, 0.05) is 25.8 Å². The highest BCUT2D eigenvalue weighted by atomic mass is 32.2. The first-order chi connectivity index (χ1) is 12.8. The minimum absolute atomic E-state index is 0.238. The van der Waals surface area contributed by atoms with Gasteiger partial charge in [-0.2, -0.15) is 0 Å². The van der Waals surface area contributed by atoms with Gasteiger partial charge >= 0.3 is 0 Å². The summed E-state index contributed by atoms with van der Waals surface area (Å²) in [4.78, 5) is 7.22. The number of nitrogens with zero attached hydrogens (tertiary/aromatic N) is 2. The van der Waals surface area contributed by atoms with E-state index in [2.05, 4.69) is 14.6 Å². The van der Waals surface area contributed by atoms with Crippen molar-refractivity contribution < 1.29 is 8.42 Å². The molecule has 27 heavy (non-hydrogen) atoms. The Kier molecular flexibility index (Phi) is 5.86. The second-order valence-corrected chi connectivity index (χ2v) is 9.19. The van der Waals surface area contributed by atoms with Gasteiger partial charge in [-0.1, -0.05) is 12.1 Å². The summed E-state index contributed by atoms with van der Waals surface area (Å²) in [7, 11) is -3.58. The Morgan fingerprint density at radius 2 is 1.63 bits per heavy atom. The second-order valence-electron chi connectivity index (χ2n) is 7.49. The van der Waals surface area contributed by atoms with Crippen molar-refractivity contribution in [2.45, 2.75) is 58.4 Å². The van der Waals surface area contributed by atoms with E-state index in [0.29, 0.717) is 4.90 Å². The molecule has 1 aliphatic rings. The van der Waals surface area contributed by atoms with Crippen LogP contribution in [-0.2, 0) is 16.6 Å². The molecule has 146 valence electrons. The Bertz CT molecular complexity index is 889. The first kappa shape index (κ1) is 19.8. The van der Waals surface area contributed by atoms with Crippen LogP contribution in [0.4, 0.5) is 5.82 Å². The van der Waals surface area contributed by atoms with Gasteiger partial charge in [0.1, 0.15) is 5.82 Å². The van der Waals surface area contributed by atoms with Gasteiger partial charge in [0.25, 0.3) is 0 Å². The highest BCUT2D eigenvalue weighted by Gasteiger charge is 2.22. The van der Waals surface area contributed by atoms with E-state index >= 15 is 0 Å². The molecule has 0 saturated carbocycles. The molecule has 3 rings (SSSR count). The van der Waals surface area contributed by atoms with Gasteiger partial charge in [0.2, 0.25) is 10.0 Å². The third-order valence-electron chi connectivity index (χ3n) is 5.52. The van der Waals surface area contributed by atoms with Crippen molar-refractivity contribution in [1.29, 1.82) is 0 Å². The Morgan fingerprint density at radius 1 is 1.00 bits per heavy atom. The molecule has 1 aliphatic heterocycles. The van der Waals surface area contributed by atoms with E-state index in [0.717, 1.165) is 46.7 Å². The van der Waals surface area contributed by atoms with Gasteiger partial charge in [-0.15, -0.1) is 0 Å². The third kappa shape index (κ3) is 4.33. The lowest BCUT2D eigenvalue weighted by atomic mass is 10.0. The number of aryl methyl sites for hydroxylation is 2. The average molecular weight is 388 g/mol. The van der Waals surface area contributed by atoms with Crippen LogP contribution in [0.25, 0.3) is 0 Å². The summed E-state index contributed by atoms with van der Waals surface area (Å²) in [6, 6.07) is 5.98. The molecule has 0 unspecified atom stereocenters. The molecule has 5 nitrogen and oxygen atoms in total. The zero-order valence-electron chi connectivity index (χ0n) is 16.7. The normalized spacial score (nSPS) is 15.2. The van der Waals surface area contributed by atoms with Crippen LogP contribution in [0.5, 0.6) is 0 Å². The summed E-state index contributed by atoms with van der Waals surface area (Å²) in [5.41, 5.74) is 4.46. The van der Waals surface area contributed by atoms with E-state index in [4.69, 9.17) is 0 Å². The number of sulfonamides is 1. The predicted octanol–water partition coefficient (Wildman–Crippen LogP) is 3.78. The van der Waals surface area contributed by atoms with Crippen LogP contribution in [-0.4, -0.2) is 26.5 Å². The molecule has 0 aliphatic carbocycles. The average Bonchev–Trinajstić information content (AvgIpc) is 2.66. The standard InChI is InChI=1S/C21H29N3O2S/c1-15-12-16(2)18(4)21(17(15)3)27(25,26)23-14-19-8-9-20(22-13-19)24-10-6-5-7-11-24/h8-9,12-13,23H,5-7,10-11,14H2,1-4H3. The largest absolute Gasteiger partial charge is 0.357 e. The van der Waals surface area contributed by atoms with Gasteiger partial charge in [0.15, 0.2) is 0 Å². The maximum Gasteiger partial charge on any atom is 0.241 e. The lowest BCUT2D eigenvalue weighted by Gasteiger charge is -2.27. The Hall–Kier alpha value is -1.92. The summed E-state index contributed by atoms with van der Waals surface area (Å²) < 4.78 is 28.6. The van der Waals surface area contributed by atoms with Crippen molar-refractivity contribution in [1.82, 2.24) is 9.71 Å². The molecule has 1 aromatic heterocycles. The maximum absolute atomic E-state index is 12.9. The molecule has 0 bridgehead atoms. The van der Waals surface area contributed by atoms with Crippen LogP contribution in [0.2, 0.25) is 0 Å². The zero-order chi connectivity index (χ0) is 19.6. The molecule has 0 amide bonds. The first-order valence-electron chi connectivity index (χ1n) is 9.56. The fourth-order valence-electron chi connectivity index (χ4n) is 3.67. The zero-order valence-corrected chi connectivity index (χ0v) is 17.5. The molecule has 1 N–H and O–H groups in total. The molecule has 0 atom stereocenters. The Morgan fingerprint density at radius 3 is 2.19 bits per heavy atom. The van der Waals surface area contributed by atoms with E-state index in [1.54, 1.807) is 6.20 Å². The number of anilines is 1. The minimum atomic E-state index is -3.58. The van der Waals surface area contributed by atoms with Crippen LogP contribution in [0.1, 0.15) is 47.1 Å². The van der Waals surface area contributed by atoms with E-state index < -0.39 is 10.0 Å². The molecule has 1 saturated heterocycles. The highest BCUT2D eigenvalue weighted by molar-refractivity contribution is 7.89. The van der Waals surface area contributed by atoms with Crippen molar-refractivity contribution in [3.63, 3.8) is 0 Å². The van der Waals surface area contributed by atoms with Crippen LogP contribution in [0.3, 0.4) is 0 Å².